The number of hydrogen-bond acceptors (Lipinski definition) is 2. The molecule has 3 aromatic rings. The summed E-state index contributed by atoms with van der Waals surface area (Å²) < 4.78 is 5.94. The van der Waals surface area contributed by atoms with Gasteiger partial charge in [-0.1, -0.05) is 30.3 Å². The molecule has 0 spiro atoms. The topological polar surface area (TPSA) is 22.1 Å². The van der Waals surface area contributed by atoms with Crippen LogP contribution in [0.2, 0.25) is 0 Å². The van der Waals surface area contributed by atoms with Crippen molar-refractivity contribution < 1.29 is 4.74 Å². The van der Waals surface area contributed by atoms with Gasteiger partial charge in [0, 0.05) is 5.39 Å². The summed E-state index contributed by atoms with van der Waals surface area (Å²) in [5.41, 5.74) is 4.93. The number of aryl methyl sites for hydroxylation is 2. The molecule has 0 amide bonds. The highest BCUT2D eigenvalue weighted by atomic mass is 16.5. The molecule has 2 aromatic carbocycles. The normalized spacial score (nSPS) is 13.8. The van der Waals surface area contributed by atoms with Gasteiger partial charge in [-0.2, -0.15) is 0 Å². The lowest BCUT2D eigenvalue weighted by Crippen LogP contribution is -2.04. The highest BCUT2D eigenvalue weighted by molar-refractivity contribution is 5.78. The Balaban J connectivity index is 1.51. The van der Waals surface area contributed by atoms with Gasteiger partial charge in [0.05, 0.1) is 11.2 Å². The molecule has 0 N–H and O–H groups in total. The van der Waals surface area contributed by atoms with Crippen LogP contribution in [0.25, 0.3) is 10.9 Å². The standard InChI is InChI=1S/C20H19NO/c1-2-7-17-13-19(12-10-15(17)5-1)22-14-18-11-9-16-6-3-4-8-20(16)21-18/h3-4,6,8-13H,1-2,5,7,14H2. The van der Waals surface area contributed by atoms with E-state index in [2.05, 4.69) is 35.3 Å². The van der Waals surface area contributed by atoms with Crippen molar-refractivity contribution in [3.63, 3.8) is 0 Å². The van der Waals surface area contributed by atoms with Gasteiger partial charge >= 0.3 is 0 Å². The maximum absolute atomic E-state index is 5.94. The van der Waals surface area contributed by atoms with E-state index in [9.17, 15) is 0 Å². The Bertz CT molecular complexity index is 810. The second-order valence-electron chi connectivity index (χ2n) is 5.92. The average molecular weight is 289 g/mol. The molecule has 0 saturated carbocycles. The van der Waals surface area contributed by atoms with Crippen LogP contribution in [-0.2, 0) is 19.4 Å². The molecule has 2 nitrogen and oxygen atoms in total. The van der Waals surface area contributed by atoms with Gasteiger partial charge in [0.1, 0.15) is 12.4 Å². The molecule has 0 aliphatic heterocycles. The molecule has 0 unspecified atom stereocenters. The smallest absolute Gasteiger partial charge is 0.130 e. The number of rotatable bonds is 3. The fourth-order valence-corrected chi connectivity index (χ4v) is 3.15. The zero-order chi connectivity index (χ0) is 14.8. The zero-order valence-corrected chi connectivity index (χ0v) is 12.6. The molecular weight excluding hydrogens is 270 g/mol. The van der Waals surface area contributed by atoms with Crippen molar-refractivity contribution in [1.82, 2.24) is 4.98 Å². The maximum Gasteiger partial charge on any atom is 0.130 e. The van der Waals surface area contributed by atoms with Crippen molar-refractivity contribution in [2.24, 2.45) is 0 Å². The van der Waals surface area contributed by atoms with Gasteiger partial charge < -0.3 is 4.74 Å². The molecule has 0 atom stereocenters. The Morgan fingerprint density at radius 1 is 0.864 bits per heavy atom. The number of pyridine rings is 1. The van der Waals surface area contributed by atoms with Gasteiger partial charge in [0.15, 0.2) is 0 Å². The third-order valence-corrected chi connectivity index (χ3v) is 4.36. The Hall–Kier alpha value is -2.35. The average Bonchev–Trinajstić information content (AvgIpc) is 2.59. The van der Waals surface area contributed by atoms with Crippen LogP contribution in [0.4, 0.5) is 0 Å². The molecule has 2 heteroatoms. The van der Waals surface area contributed by atoms with Crippen LogP contribution in [0.5, 0.6) is 5.75 Å². The van der Waals surface area contributed by atoms with Crippen molar-refractivity contribution in [3.8, 4) is 5.75 Å². The van der Waals surface area contributed by atoms with E-state index in [1.165, 1.54) is 42.2 Å². The number of aromatic nitrogens is 1. The van der Waals surface area contributed by atoms with Crippen molar-refractivity contribution in [2.75, 3.05) is 0 Å². The summed E-state index contributed by atoms with van der Waals surface area (Å²) in [7, 11) is 0. The second-order valence-corrected chi connectivity index (χ2v) is 5.92. The van der Waals surface area contributed by atoms with E-state index in [0.29, 0.717) is 6.61 Å². The second kappa shape index (κ2) is 5.80. The lowest BCUT2D eigenvalue weighted by molar-refractivity contribution is 0.301. The van der Waals surface area contributed by atoms with Gasteiger partial charge in [-0.3, -0.25) is 0 Å². The van der Waals surface area contributed by atoms with Crippen LogP contribution in [0.15, 0.2) is 54.6 Å². The van der Waals surface area contributed by atoms with E-state index < -0.39 is 0 Å². The lowest BCUT2D eigenvalue weighted by atomic mass is 9.92. The number of nitrogens with zero attached hydrogens (tertiary/aromatic N) is 1. The number of benzene rings is 2. The summed E-state index contributed by atoms with van der Waals surface area (Å²) in [5, 5.41) is 1.17. The molecule has 0 fully saturated rings. The van der Waals surface area contributed by atoms with Crippen molar-refractivity contribution in [2.45, 2.75) is 32.3 Å². The molecule has 1 aromatic heterocycles. The first-order valence-corrected chi connectivity index (χ1v) is 7.98. The van der Waals surface area contributed by atoms with Gasteiger partial charge in [-0.25, -0.2) is 4.98 Å². The predicted molar refractivity (Wildman–Crippen MR) is 89.2 cm³/mol. The van der Waals surface area contributed by atoms with Crippen LogP contribution >= 0.6 is 0 Å². The highest BCUT2D eigenvalue weighted by Crippen LogP contribution is 2.25. The summed E-state index contributed by atoms with van der Waals surface area (Å²) in [6, 6.07) is 18.8. The predicted octanol–water partition coefficient (Wildman–Crippen LogP) is 4.69. The molecule has 0 radical (unpaired) electrons. The summed E-state index contributed by atoms with van der Waals surface area (Å²) in [5.74, 6) is 0.954. The number of ether oxygens (including phenoxy) is 1. The summed E-state index contributed by atoms with van der Waals surface area (Å²) >= 11 is 0. The third kappa shape index (κ3) is 2.69. The molecule has 110 valence electrons. The Kier molecular flexibility index (Phi) is 3.51. The van der Waals surface area contributed by atoms with Crippen LogP contribution < -0.4 is 4.74 Å². The van der Waals surface area contributed by atoms with Crippen molar-refractivity contribution in [3.05, 3.63) is 71.4 Å². The van der Waals surface area contributed by atoms with Gasteiger partial charge in [-0.15, -0.1) is 0 Å². The van der Waals surface area contributed by atoms with E-state index in [-0.39, 0.29) is 0 Å². The quantitative estimate of drug-likeness (QED) is 0.697. The first-order valence-electron chi connectivity index (χ1n) is 7.98. The largest absolute Gasteiger partial charge is 0.487 e. The van der Waals surface area contributed by atoms with Gasteiger partial charge in [-0.05, 0) is 61.1 Å². The molecular formula is C20H19NO. The summed E-state index contributed by atoms with van der Waals surface area (Å²) in [4.78, 5) is 4.65. The summed E-state index contributed by atoms with van der Waals surface area (Å²) in [6.07, 6.45) is 5.00. The van der Waals surface area contributed by atoms with Crippen LogP contribution in [0, 0.1) is 0 Å². The molecule has 1 aliphatic carbocycles. The Morgan fingerprint density at radius 2 is 1.73 bits per heavy atom. The van der Waals surface area contributed by atoms with Crippen molar-refractivity contribution >= 4 is 10.9 Å². The molecule has 1 heterocycles. The number of para-hydroxylation sites is 1. The van der Waals surface area contributed by atoms with E-state index in [1.54, 1.807) is 0 Å². The number of fused-ring (bicyclic) bond motifs is 2. The molecule has 0 bridgehead atoms. The summed E-state index contributed by atoms with van der Waals surface area (Å²) in [6.45, 7) is 0.517. The zero-order valence-electron chi connectivity index (χ0n) is 12.6. The van der Waals surface area contributed by atoms with Crippen LogP contribution in [0.3, 0.4) is 0 Å². The van der Waals surface area contributed by atoms with E-state index in [1.807, 2.05) is 24.3 Å². The van der Waals surface area contributed by atoms with E-state index >= 15 is 0 Å². The van der Waals surface area contributed by atoms with Crippen LogP contribution in [-0.4, -0.2) is 4.98 Å². The Morgan fingerprint density at radius 3 is 2.68 bits per heavy atom. The first kappa shape index (κ1) is 13.3. The monoisotopic (exact) mass is 289 g/mol. The number of hydrogen-bond donors (Lipinski definition) is 0. The maximum atomic E-state index is 5.94. The van der Waals surface area contributed by atoms with Gasteiger partial charge in [0.2, 0.25) is 0 Å². The molecule has 1 aliphatic rings. The van der Waals surface area contributed by atoms with Gasteiger partial charge in [0.25, 0.3) is 0 Å². The highest BCUT2D eigenvalue weighted by Gasteiger charge is 2.10. The molecule has 0 saturated heterocycles. The fraction of sp³-hybridized carbons (Fsp3) is 0.250. The van der Waals surface area contributed by atoms with Crippen molar-refractivity contribution in [1.29, 1.82) is 0 Å². The van der Waals surface area contributed by atoms with E-state index in [4.69, 9.17) is 4.74 Å². The third-order valence-electron chi connectivity index (χ3n) is 4.36. The lowest BCUT2D eigenvalue weighted by Gasteiger charge is -2.16. The van der Waals surface area contributed by atoms with E-state index in [0.717, 1.165) is 17.0 Å². The first-order chi connectivity index (χ1) is 10.9. The Labute approximate surface area is 130 Å². The molecule has 4 rings (SSSR count). The van der Waals surface area contributed by atoms with Crippen LogP contribution in [0.1, 0.15) is 29.7 Å². The minimum absolute atomic E-state index is 0.517. The SMILES string of the molecule is c1ccc2nc(COc3ccc4c(c3)CCCC4)ccc2c1. The fourth-order valence-electron chi connectivity index (χ4n) is 3.15. The minimum Gasteiger partial charge on any atom is -0.487 e. The molecule has 22 heavy (non-hydrogen) atoms. The minimum atomic E-state index is 0.517.